The molecule has 5 heteroatoms. The maximum Gasteiger partial charge on any atom is 0.0938 e. The van der Waals surface area contributed by atoms with E-state index in [0.29, 0.717) is 19.7 Å². The van der Waals surface area contributed by atoms with E-state index in [1.807, 2.05) is 4.90 Å². The first-order chi connectivity index (χ1) is 6.35. The number of rotatable bonds is 9. The third-order valence-electron chi connectivity index (χ3n) is 1.75. The largest absolute Gasteiger partial charge is 0.395 e. The van der Waals surface area contributed by atoms with E-state index in [0.717, 1.165) is 13.0 Å². The van der Waals surface area contributed by atoms with E-state index in [2.05, 4.69) is 5.18 Å². The number of nitrogens with zero attached hydrogens (tertiary/aromatic N) is 2. The van der Waals surface area contributed by atoms with E-state index >= 15 is 0 Å². The zero-order chi connectivity index (χ0) is 9.94. The van der Waals surface area contributed by atoms with Gasteiger partial charge in [-0.05, 0) is 6.42 Å². The van der Waals surface area contributed by atoms with Gasteiger partial charge in [-0.15, -0.1) is 0 Å². The van der Waals surface area contributed by atoms with E-state index in [-0.39, 0.29) is 13.2 Å². The second-order valence-electron chi connectivity index (χ2n) is 2.76. The molecule has 13 heavy (non-hydrogen) atoms. The van der Waals surface area contributed by atoms with Crippen molar-refractivity contribution in [2.45, 2.75) is 6.42 Å². The summed E-state index contributed by atoms with van der Waals surface area (Å²) >= 11 is 0. The maximum atomic E-state index is 9.88. The van der Waals surface area contributed by atoms with Crippen molar-refractivity contribution < 1.29 is 9.84 Å². The maximum absolute atomic E-state index is 9.88. The molecule has 1 N–H and O–H groups in total. The van der Waals surface area contributed by atoms with Gasteiger partial charge in [0.05, 0.1) is 13.2 Å². The van der Waals surface area contributed by atoms with E-state index in [4.69, 9.17) is 9.84 Å². The number of aliphatic hydroxyl groups excluding tert-OH is 1. The van der Waals surface area contributed by atoms with Gasteiger partial charge in [0.2, 0.25) is 0 Å². The van der Waals surface area contributed by atoms with E-state index in [9.17, 15) is 4.91 Å². The van der Waals surface area contributed by atoms with Gasteiger partial charge in [0, 0.05) is 33.4 Å². The summed E-state index contributed by atoms with van der Waals surface area (Å²) in [6, 6.07) is 0. The van der Waals surface area contributed by atoms with Gasteiger partial charge >= 0.3 is 0 Å². The number of aliphatic hydroxyl groups is 1. The Morgan fingerprint density at radius 1 is 1.38 bits per heavy atom. The summed E-state index contributed by atoms with van der Waals surface area (Å²) in [7, 11) is 1.66. The lowest BCUT2D eigenvalue weighted by Gasteiger charge is -2.19. The van der Waals surface area contributed by atoms with E-state index in [1.165, 1.54) is 0 Å². The molecule has 0 saturated heterocycles. The van der Waals surface area contributed by atoms with Gasteiger partial charge in [-0.2, -0.15) is 4.91 Å². The zero-order valence-corrected chi connectivity index (χ0v) is 8.11. The second kappa shape index (κ2) is 9.57. The molecule has 0 saturated carbocycles. The molecule has 0 aliphatic carbocycles. The van der Waals surface area contributed by atoms with Crippen LogP contribution in [0, 0.1) is 4.91 Å². The van der Waals surface area contributed by atoms with Crippen molar-refractivity contribution in [2.24, 2.45) is 5.18 Å². The molecule has 0 amide bonds. The van der Waals surface area contributed by atoms with Crippen molar-refractivity contribution in [3.63, 3.8) is 0 Å². The van der Waals surface area contributed by atoms with Crippen LogP contribution in [0.2, 0.25) is 0 Å². The predicted octanol–water partition coefficient (Wildman–Crippen LogP) is 0.0836. The Labute approximate surface area is 78.7 Å². The molecule has 0 atom stereocenters. The Kier molecular flexibility index (Phi) is 9.18. The highest BCUT2D eigenvalue weighted by atomic mass is 16.5. The van der Waals surface area contributed by atoms with Gasteiger partial charge in [0.25, 0.3) is 0 Å². The molecular formula is C8H18N2O3. The lowest BCUT2D eigenvalue weighted by atomic mass is 10.4. The molecule has 0 heterocycles. The minimum absolute atomic E-state index is 0.117. The quantitative estimate of drug-likeness (QED) is 0.413. The first kappa shape index (κ1) is 12.5. The Balaban J connectivity index is 3.46. The monoisotopic (exact) mass is 190 g/mol. The van der Waals surface area contributed by atoms with Crippen molar-refractivity contribution in [1.29, 1.82) is 0 Å². The number of nitroso groups, excluding NO2 is 1. The molecule has 0 aromatic heterocycles. The fourth-order valence-electron chi connectivity index (χ4n) is 1.09. The van der Waals surface area contributed by atoms with Crippen LogP contribution >= 0.6 is 0 Å². The average molecular weight is 190 g/mol. The summed E-state index contributed by atoms with van der Waals surface area (Å²) in [5.74, 6) is 0. The minimum Gasteiger partial charge on any atom is -0.395 e. The van der Waals surface area contributed by atoms with Gasteiger partial charge in [-0.1, -0.05) is 5.18 Å². The van der Waals surface area contributed by atoms with Crippen molar-refractivity contribution in [3.8, 4) is 0 Å². The molecule has 0 bridgehead atoms. The summed E-state index contributed by atoms with van der Waals surface area (Å²) in [4.78, 5) is 11.9. The summed E-state index contributed by atoms with van der Waals surface area (Å²) in [6.07, 6.45) is 0.912. The minimum atomic E-state index is 0.117. The lowest BCUT2D eigenvalue weighted by molar-refractivity contribution is 0.157. The van der Waals surface area contributed by atoms with Gasteiger partial charge in [0.15, 0.2) is 0 Å². The third-order valence-corrected chi connectivity index (χ3v) is 1.75. The molecular weight excluding hydrogens is 172 g/mol. The molecule has 0 aliphatic rings. The molecule has 0 aromatic rings. The number of ether oxygens (including phenoxy) is 1. The van der Waals surface area contributed by atoms with Crippen molar-refractivity contribution >= 4 is 0 Å². The molecule has 0 aliphatic heterocycles. The van der Waals surface area contributed by atoms with Crippen LogP contribution < -0.4 is 0 Å². The van der Waals surface area contributed by atoms with Gasteiger partial charge in [0.1, 0.15) is 0 Å². The number of hydrogen-bond acceptors (Lipinski definition) is 5. The number of methoxy groups -OCH3 is 1. The highest BCUT2D eigenvalue weighted by Gasteiger charge is 2.02. The van der Waals surface area contributed by atoms with E-state index < -0.39 is 0 Å². The number of hydrogen-bond donors (Lipinski definition) is 1. The molecule has 0 aromatic carbocycles. The highest BCUT2D eigenvalue weighted by molar-refractivity contribution is 4.58. The Morgan fingerprint density at radius 3 is 2.69 bits per heavy atom. The summed E-state index contributed by atoms with van der Waals surface area (Å²) in [5.41, 5.74) is 0. The Hall–Kier alpha value is -0.520. The molecule has 0 rings (SSSR count). The second-order valence-corrected chi connectivity index (χ2v) is 2.76. The summed E-state index contributed by atoms with van der Waals surface area (Å²) in [6.45, 7) is 3.16. The van der Waals surface area contributed by atoms with Crippen LogP contribution in [0.3, 0.4) is 0 Å². The SMILES string of the molecule is COCCCN(CCO)CCN=O. The lowest BCUT2D eigenvalue weighted by Crippen LogP contribution is -2.31. The molecule has 0 spiro atoms. The molecule has 0 radical (unpaired) electrons. The summed E-state index contributed by atoms with van der Waals surface area (Å²) < 4.78 is 4.90. The molecule has 0 fully saturated rings. The first-order valence-corrected chi connectivity index (χ1v) is 4.46. The molecule has 0 unspecified atom stereocenters. The topological polar surface area (TPSA) is 62.1 Å². The fraction of sp³-hybridized carbons (Fsp3) is 1.00. The van der Waals surface area contributed by atoms with Crippen LogP contribution in [0.4, 0.5) is 0 Å². The van der Waals surface area contributed by atoms with Crippen LogP contribution in [0.15, 0.2) is 5.18 Å². The highest BCUT2D eigenvalue weighted by Crippen LogP contribution is 1.91. The van der Waals surface area contributed by atoms with Crippen LogP contribution in [-0.4, -0.2) is 56.5 Å². The van der Waals surface area contributed by atoms with Crippen LogP contribution in [-0.2, 0) is 4.74 Å². The normalized spacial score (nSPS) is 10.7. The average Bonchev–Trinajstić information content (AvgIpc) is 2.14. The fourth-order valence-corrected chi connectivity index (χ4v) is 1.09. The van der Waals surface area contributed by atoms with Gasteiger partial charge in [-0.25, -0.2) is 0 Å². The predicted molar refractivity (Wildman–Crippen MR) is 50.7 cm³/mol. The van der Waals surface area contributed by atoms with Crippen LogP contribution in [0.1, 0.15) is 6.42 Å². The smallest absolute Gasteiger partial charge is 0.0938 e. The van der Waals surface area contributed by atoms with Gasteiger partial charge in [-0.3, -0.25) is 4.90 Å². The molecule has 78 valence electrons. The van der Waals surface area contributed by atoms with Crippen molar-refractivity contribution in [1.82, 2.24) is 4.90 Å². The Bertz CT molecular complexity index is 122. The first-order valence-electron chi connectivity index (χ1n) is 4.46. The van der Waals surface area contributed by atoms with Crippen LogP contribution in [0.5, 0.6) is 0 Å². The third kappa shape index (κ3) is 7.83. The summed E-state index contributed by atoms with van der Waals surface area (Å²) in [5, 5.41) is 11.5. The van der Waals surface area contributed by atoms with Crippen LogP contribution in [0.25, 0.3) is 0 Å². The van der Waals surface area contributed by atoms with E-state index in [1.54, 1.807) is 7.11 Å². The van der Waals surface area contributed by atoms with Crippen molar-refractivity contribution in [2.75, 3.05) is 46.5 Å². The Morgan fingerprint density at radius 2 is 2.15 bits per heavy atom. The van der Waals surface area contributed by atoms with Crippen molar-refractivity contribution in [3.05, 3.63) is 4.91 Å². The zero-order valence-electron chi connectivity index (χ0n) is 8.11. The standard InChI is InChI=1S/C8H18N2O3/c1-13-8-2-4-10(6-7-11)5-3-9-12/h11H,2-8H2,1H3. The molecule has 5 nitrogen and oxygen atoms in total. The van der Waals surface area contributed by atoms with Gasteiger partial charge < -0.3 is 9.84 Å².